The van der Waals surface area contributed by atoms with Gasteiger partial charge < -0.3 is 19.5 Å². The quantitative estimate of drug-likeness (QED) is 0.263. The van der Waals surface area contributed by atoms with Crippen LogP contribution in [0.2, 0.25) is 10.0 Å². The lowest BCUT2D eigenvalue weighted by Gasteiger charge is -2.31. The molecule has 1 aliphatic heterocycles. The van der Waals surface area contributed by atoms with Gasteiger partial charge in [-0.25, -0.2) is 13.9 Å². The fourth-order valence-electron chi connectivity index (χ4n) is 4.61. The molecule has 3 aromatic carbocycles. The van der Waals surface area contributed by atoms with Crippen LogP contribution in [0.4, 0.5) is 4.39 Å². The zero-order valence-electron chi connectivity index (χ0n) is 22.9. The average Bonchev–Trinajstić information content (AvgIpc) is 3.30. The first kappa shape index (κ1) is 28.4. The molecule has 8 nitrogen and oxygen atoms in total. The lowest BCUT2D eigenvalue weighted by Crippen LogP contribution is -2.43. The van der Waals surface area contributed by atoms with Gasteiger partial charge in [0, 0.05) is 45.4 Å². The number of carbonyl (C=O) groups excluding carboxylic acids is 1. The highest BCUT2D eigenvalue weighted by Crippen LogP contribution is 2.46. The number of carbonyl (C=O) groups is 2. The summed E-state index contributed by atoms with van der Waals surface area (Å²) in [7, 11) is 3.18. The highest BCUT2D eigenvalue weighted by atomic mass is 35.5. The van der Waals surface area contributed by atoms with Crippen molar-refractivity contribution in [2.75, 3.05) is 14.2 Å². The van der Waals surface area contributed by atoms with E-state index < -0.39 is 22.9 Å². The SMILES string of the molecule is COc1cc2c(cc1-c1ccc(F)c(C(=O)O)c1)-c1c(c(C(=O)N(C)C(C)(C)C)nn1-c1cc(Cl)cc(Cl)c1)CO2. The van der Waals surface area contributed by atoms with Crippen LogP contribution in [-0.2, 0) is 6.61 Å². The van der Waals surface area contributed by atoms with Gasteiger partial charge >= 0.3 is 5.97 Å². The third-order valence-electron chi connectivity index (χ3n) is 7.03. The van der Waals surface area contributed by atoms with E-state index in [1.807, 2.05) is 20.8 Å². The van der Waals surface area contributed by atoms with E-state index in [4.69, 9.17) is 37.8 Å². The number of hydrogen-bond acceptors (Lipinski definition) is 5. The number of aromatic nitrogens is 2. The van der Waals surface area contributed by atoms with Crippen molar-refractivity contribution >= 4 is 35.1 Å². The van der Waals surface area contributed by atoms with Gasteiger partial charge in [0.25, 0.3) is 5.91 Å². The lowest BCUT2D eigenvalue weighted by atomic mass is 9.94. The van der Waals surface area contributed by atoms with Crippen LogP contribution in [0, 0.1) is 5.82 Å². The van der Waals surface area contributed by atoms with Crippen molar-refractivity contribution in [2.24, 2.45) is 0 Å². The zero-order valence-corrected chi connectivity index (χ0v) is 24.4. The molecule has 0 spiro atoms. The predicted molar refractivity (Wildman–Crippen MR) is 154 cm³/mol. The Hall–Kier alpha value is -4.08. The molecular formula is C30H26Cl2FN3O5. The summed E-state index contributed by atoms with van der Waals surface area (Å²) in [5.41, 5.74) is 2.35. The van der Waals surface area contributed by atoms with Gasteiger partial charge in [0.15, 0.2) is 5.69 Å². The van der Waals surface area contributed by atoms with Crippen molar-refractivity contribution in [3.05, 3.63) is 81.2 Å². The van der Waals surface area contributed by atoms with E-state index in [1.54, 1.807) is 47.0 Å². The number of aromatic carboxylic acids is 1. The third kappa shape index (κ3) is 5.11. The van der Waals surface area contributed by atoms with Gasteiger partial charge in [-0.1, -0.05) is 29.3 Å². The average molecular weight is 598 g/mol. The van der Waals surface area contributed by atoms with Gasteiger partial charge in [-0.15, -0.1) is 0 Å². The molecule has 1 aromatic heterocycles. The van der Waals surface area contributed by atoms with Crippen LogP contribution in [0.1, 0.15) is 47.2 Å². The second-order valence-electron chi connectivity index (χ2n) is 10.6. The minimum absolute atomic E-state index is 0.0535. The Kier molecular flexibility index (Phi) is 7.21. The lowest BCUT2D eigenvalue weighted by molar-refractivity contribution is 0.0644. The number of methoxy groups -OCH3 is 1. The molecule has 0 radical (unpaired) electrons. The molecule has 11 heteroatoms. The third-order valence-corrected chi connectivity index (χ3v) is 7.46. The van der Waals surface area contributed by atoms with E-state index >= 15 is 0 Å². The van der Waals surface area contributed by atoms with Crippen molar-refractivity contribution in [2.45, 2.75) is 32.9 Å². The summed E-state index contributed by atoms with van der Waals surface area (Å²) < 4.78 is 27.5. The second kappa shape index (κ2) is 10.4. The zero-order chi connectivity index (χ0) is 29.8. The summed E-state index contributed by atoms with van der Waals surface area (Å²) in [6.07, 6.45) is 0. The molecule has 0 saturated carbocycles. The topological polar surface area (TPSA) is 93.9 Å². The first-order valence-corrected chi connectivity index (χ1v) is 13.3. The van der Waals surface area contributed by atoms with Crippen LogP contribution in [0.3, 0.4) is 0 Å². The number of carboxylic acid groups (broad SMARTS) is 1. The Morgan fingerprint density at radius 3 is 2.37 bits per heavy atom. The normalized spacial score (nSPS) is 12.3. The number of rotatable bonds is 5. The molecule has 0 bridgehead atoms. The molecule has 0 atom stereocenters. The van der Waals surface area contributed by atoms with E-state index in [1.165, 1.54) is 19.2 Å². The van der Waals surface area contributed by atoms with Gasteiger partial charge in [-0.05, 0) is 62.7 Å². The van der Waals surface area contributed by atoms with Crippen LogP contribution in [0.25, 0.3) is 28.1 Å². The Morgan fingerprint density at radius 1 is 1.07 bits per heavy atom. The molecule has 0 aliphatic carbocycles. The highest BCUT2D eigenvalue weighted by molar-refractivity contribution is 6.34. The Balaban J connectivity index is 1.80. The first-order valence-electron chi connectivity index (χ1n) is 12.5. The predicted octanol–water partition coefficient (Wildman–Crippen LogP) is 7.12. The molecule has 1 amide bonds. The number of hydrogen-bond donors (Lipinski definition) is 1. The van der Waals surface area contributed by atoms with Gasteiger partial charge in [-0.2, -0.15) is 5.10 Å². The molecule has 5 rings (SSSR count). The highest BCUT2D eigenvalue weighted by Gasteiger charge is 2.35. The van der Waals surface area contributed by atoms with E-state index in [-0.39, 0.29) is 18.2 Å². The number of amides is 1. The number of halogens is 3. The summed E-state index contributed by atoms with van der Waals surface area (Å²) in [6.45, 7) is 5.81. The summed E-state index contributed by atoms with van der Waals surface area (Å²) >= 11 is 12.7. The molecule has 0 saturated heterocycles. The maximum atomic E-state index is 14.2. The Bertz CT molecular complexity index is 1710. The fraction of sp³-hybridized carbons (Fsp3) is 0.233. The number of fused-ring (bicyclic) bond motifs is 3. The van der Waals surface area contributed by atoms with Gasteiger partial charge in [0.2, 0.25) is 0 Å². The number of ether oxygens (including phenoxy) is 2. The summed E-state index contributed by atoms with van der Waals surface area (Å²) in [6, 6.07) is 12.2. The van der Waals surface area contributed by atoms with Crippen LogP contribution in [-0.4, -0.2) is 51.4 Å². The Morgan fingerprint density at radius 2 is 1.76 bits per heavy atom. The molecule has 212 valence electrons. The van der Waals surface area contributed by atoms with E-state index in [2.05, 4.69) is 0 Å². The molecule has 4 aromatic rings. The van der Waals surface area contributed by atoms with Crippen LogP contribution < -0.4 is 9.47 Å². The maximum absolute atomic E-state index is 14.2. The molecule has 2 heterocycles. The summed E-state index contributed by atoms with van der Waals surface area (Å²) in [4.78, 5) is 27.0. The largest absolute Gasteiger partial charge is 0.496 e. The summed E-state index contributed by atoms with van der Waals surface area (Å²) in [5, 5.41) is 15.0. The van der Waals surface area contributed by atoms with E-state index in [9.17, 15) is 19.1 Å². The van der Waals surface area contributed by atoms with Crippen LogP contribution >= 0.6 is 23.2 Å². The van der Waals surface area contributed by atoms with Crippen molar-refractivity contribution in [1.29, 1.82) is 0 Å². The van der Waals surface area contributed by atoms with Gasteiger partial charge in [-0.3, -0.25) is 4.79 Å². The van der Waals surface area contributed by atoms with Crippen molar-refractivity contribution < 1.29 is 28.6 Å². The maximum Gasteiger partial charge on any atom is 0.338 e. The van der Waals surface area contributed by atoms with Crippen molar-refractivity contribution in [3.63, 3.8) is 0 Å². The minimum Gasteiger partial charge on any atom is -0.496 e. The molecule has 1 aliphatic rings. The van der Waals surface area contributed by atoms with E-state index in [0.29, 0.717) is 55.2 Å². The Labute approximate surface area is 245 Å². The minimum atomic E-state index is -1.39. The van der Waals surface area contributed by atoms with Crippen LogP contribution in [0.5, 0.6) is 11.5 Å². The van der Waals surface area contributed by atoms with Crippen LogP contribution in [0.15, 0.2) is 48.5 Å². The van der Waals surface area contributed by atoms with Crippen molar-refractivity contribution in [1.82, 2.24) is 14.7 Å². The molecule has 41 heavy (non-hydrogen) atoms. The molecule has 0 unspecified atom stereocenters. The number of benzene rings is 3. The molecule has 1 N–H and O–H groups in total. The number of nitrogens with zero attached hydrogens (tertiary/aromatic N) is 3. The van der Waals surface area contributed by atoms with Gasteiger partial charge in [0.1, 0.15) is 23.9 Å². The molecule has 0 fully saturated rings. The standard InChI is InChI=1S/C30H26Cl2FN3O5/c1-30(2,3)35(4)28(37)26-22-14-41-25-13-24(40-5)19(15-6-7-23(33)20(8-15)29(38)39)12-21(25)27(22)36(34-26)18-10-16(31)9-17(32)11-18/h6-13H,14H2,1-5H3,(H,38,39). The second-order valence-corrected chi connectivity index (χ2v) is 11.5. The first-order chi connectivity index (χ1) is 19.3. The van der Waals surface area contributed by atoms with Crippen molar-refractivity contribution in [3.8, 4) is 39.6 Å². The summed E-state index contributed by atoms with van der Waals surface area (Å²) in [5.74, 6) is -1.71. The monoisotopic (exact) mass is 597 g/mol. The number of carboxylic acids is 1. The van der Waals surface area contributed by atoms with E-state index in [0.717, 1.165) is 6.07 Å². The van der Waals surface area contributed by atoms with Gasteiger partial charge in [0.05, 0.1) is 24.1 Å². The molecular weight excluding hydrogens is 572 g/mol. The fourth-order valence-corrected chi connectivity index (χ4v) is 5.13. The smallest absolute Gasteiger partial charge is 0.338 e.